The van der Waals surface area contributed by atoms with Gasteiger partial charge in [0.2, 0.25) is 0 Å². The van der Waals surface area contributed by atoms with Crippen LogP contribution < -0.4 is 0 Å². The molecule has 0 aromatic rings. The molecule has 0 amide bonds. The molecule has 0 rings (SSSR count). The molecule has 0 bridgehead atoms. The number of hydrogen-bond acceptors (Lipinski definition) is 1. The van der Waals surface area contributed by atoms with Crippen LogP contribution in [0.1, 0.15) is 6.92 Å². The summed E-state index contributed by atoms with van der Waals surface area (Å²) in [6.07, 6.45) is 0. The Morgan fingerprint density at radius 2 is 1.60 bits per heavy atom. The first kappa shape index (κ1) is 17.4. The van der Waals surface area contributed by atoms with Crippen LogP contribution in [0.2, 0.25) is 0 Å². The van der Waals surface area contributed by atoms with E-state index in [4.69, 9.17) is 5.11 Å². The van der Waals surface area contributed by atoms with Crippen LogP contribution in [-0.2, 0) is 22.4 Å². The van der Waals surface area contributed by atoms with Gasteiger partial charge in [0.05, 0.1) is 0 Å². The molecule has 3 heteroatoms. The number of aliphatic hydroxyl groups is 1. The van der Waals surface area contributed by atoms with Crippen molar-refractivity contribution in [1.82, 2.24) is 0 Å². The molecule has 0 aromatic heterocycles. The number of rotatable bonds is 0. The van der Waals surface area contributed by atoms with E-state index in [-0.39, 0.29) is 34.5 Å². The average Bonchev–Trinajstić information content (AvgIpc) is 0.918. The molecule has 0 aliphatic carbocycles. The van der Waals surface area contributed by atoms with Crippen molar-refractivity contribution in [2.45, 2.75) is 6.92 Å². The molecule has 0 atom stereocenters. The van der Waals surface area contributed by atoms with Crippen LogP contribution in [0.3, 0.4) is 0 Å². The summed E-state index contributed by atoms with van der Waals surface area (Å²) in [5.41, 5.74) is 0. The Balaban J connectivity index is -0.0000000200. The van der Waals surface area contributed by atoms with Gasteiger partial charge in [0, 0.05) is 29.0 Å². The van der Waals surface area contributed by atoms with Gasteiger partial charge in [-0.1, -0.05) is 0 Å². The van der Waals surface area contributed by atoms with Gasteiger partial charge in [0.1, 0.15) is 0 Å². The minimum absolute atomic E-state index is 0. The van der Waals surface area contributed by atoms with Gasteiger partial charge < -0.3 is 10.6 Å². The van der Waals surface area contributed by atoms with E-state index in [1.165, 1.54) is 0 Å². The monoisotopic (exact) mass is 157 g/mol. The third kappa shape index (κ3) is 75.7. The van der Waals surface area contributed by atoms with Crippen molar-refractivity contribution in [2.75, 3.05) is 6.61 Å². The van der Waals surface area contributed by atoms with E-state index < -0.39 is 0 Å². The van der Waals surface area contributed by atoms with Crippen LogP contribution >= 0.6 is 0 Å². The molecular weight excluding hydrogens is 149 g/mol. The van der Waals surface area contributed by atoms with Gasteiger partial charge >= 0.3 is 0 Å². The van der Waals surface area contributed by atoms with E-state index in [1.807, 2.05) is 0 Å². The molecule has 0 heterocycles. The minimum Gasteiger partial charge on any atom is -0.412 e. The standard InChI is InChI=1S/C2H6O.Nb.H2O/c1-2-3;;/h3H,2H2,1H3;;1H2. The molecule has 0 aliphatic rings. The zero-order chi connectivity index (χ0) is 2.71. The molecule has 0 aromatic carbocycles. The second-order valence-electron chi connectivity index (χ2n) is 0.316. The average molecular weight is 157 g/mol. The summed E-state index contributed by atoms with van der Waals surface area (Å²) in [5, 5.41) is 7.57. The maximum atomic E-state index is 7.57. The molecule has 2 nitrogen and oxygen atoms in total. The molecule has 0 spiro atoms. The summed E-state index contributed by atoms with van der Waals surface area (Å²) >= 11 is 0. The molecular formula is C2H8NbO2. The normalized spacial score (nSPS) is 3.60. The first-order valence-electron chi connectivity index (χ1n) is 1.02. The first-order valence-corrected chi connectivity index (χ1v) is 1.02. The van der Waals surface area contributed by atoms with Gasteiger partial charge in [-0.05, 0) is 6.92 Å². The molecule has 0 saturated carbocycles. The first-order chi connectivity index (χ1) is 1.41. The van der Waals surface area contributed by atoms with Gasteiger partial charge in [0.25, 0.3) is 0 Å². The van der Waals surface area contributed by atoms with E-state index in [0.717, 1.165) is 0 Å². The van der Waals surface area contributed by atoms with Crippen molar-refractivity contribution in [2.24, 2.45) is 0 Å². The predicted octanol–water partition coefficient (Wildman–Crippen LogP) is -0.829. The third-order valence-corrected chi connectivity index (χ3v) is 0. The SMILES string of the molecule is CCO.O.[Nb]. The zero-order valence-electron chi connectivity index (χ0n) is 3.10. The van der Waals surface area contributed by atoms with Crippen molar-refractivity contribution < 1.29 is 33.0 Å². The van der Waals surface area contributed by atoms with Crippen LogP contribution in [0.5, 0.6) is 0 Å². The van der Waals surface area contributed by atoms with Crippen LogP contribution in [0, 0.1) is 0 Å². The molecule has 0 aliphatic heterocycles. The van der Waals surface area contributed by atoms with E-state index in [0.29, 0.717) is 0 Å². The molecule has 0 unspecified atom stereocenters. The summed E-state index contributed by atoms with van der Waals surface area (Å²) in [5.74, 6) is 0. The maximum absolute atomic E-state index is 7.57. The Morgan fingerprint density at radius 3 is 1.60 bits per heavy atom. The minimum atomic E-state index is 0. The van der Waals surface area contributed by atoms with Crippen LogP contribution in [0.25, 0.3) is 0 Å². The Kier molecular flexibility index (Phi) is 78.7. The van der Waals surface area contributed by atoms with Crippen molar-refractivity contribution in [3.63, 3.8) is 0 Å². The summed E-state index contributed by atoms with van der Waals surface area (Å²) in [6.45, 7) is 1.93. The maximum Gasteiger partial charge on any atom is 0.0402 e. The fraction of sp³-hybridized carbons (Fsp3) is 1.00. The van der Waals surface area contributed by atoms with E-state index in [9.17, 15) is 0 Å². The predicted molar refractivity (Wildman–Crippen MR) is 16.4 cm³/mol. The second kappa shape index (κ2) is 22.7. The van der Waals surface area contributed by atoms with E-state index in [1.54, 1.807) is 6.92 Å². The Morgan fingerprint density at radius 1 is 1.60 bits per heavy atom. The van der Waals surface area contributed by atoms with Crippen molar-refractivity contribution in [1.29, 1.82) is 0 Å². The van der Waals surface area contributed by atoms with Crippen LogP contribution in [0.4, 0.5) is 0 Å². The third-order valence-electron chi connectivity index (χ3n) is 0. The Labute approximate surface area is 47.0 Å². The van der Waals surface area contributed by atoms with Crippen LogP contribution in [0.15, 0.2) is 0 Å². The Hall–Kier alpha value is 0.660. The number of hydrogen-bond donors (Lipinski definition) is 1. The largest absolute Gasteiger partial charge is 0.412 e. The summed E-state index contributed by atoms with van der Waals surface area (Å²) < 4.78 is 0. The molecule has 3 N–H and O–H groups in total. The van der Waals surface area contributed by atoms with E-state index in [2.05, 4.69) is 0 Å². The van der Waals surface area contributed by atoms with Gasteiger partial charge in [-0.15, -0.1) is 0 Å². The van der Waals surface area contributed by atoms with Gasteiger partial charge in [0.15, 0.2) is 0 Å². The summed E-state index contributed by atoms with van der Waals surface area (Å²) in [6, 6.07) is 0. The van der Waals surface area contributed by atoms with Crippen molar-refractivity contribution in [3.05, 3.63) is 0 Å². The number of aliphatic hydroxyl groups excluding tert-OH is 1. The second-order valence-corrected chi connectivity index (χ2v) is 0.316. The fourth-order valence-electron chi connectivity index (χ4n) is 0. The Bertz CT molecular complexity index is 7.61. The fourth-order valence-corrected chi connectivity index (χ4v) is 0. The van der Waals surface area contributed by atoms with Gasteiger partial charge in [-0.2, -0.15) is 0 Å². The molecule has 0 saturated heterocycles. The van der Waals surface area contributed by atoms with Crippen molar-refractivity contribution in [3.8, 4) is 0 Å². The topological polar surface area (TPSA) is 51.7 Å². The molecule has 5 heavy (non-hydrogen) atoms. The molecule has 33 valence electrons. The summed E-state index contributed by atoms with van der Waals surface area (Å²) in [4.78, 5) is 0. The summed E-state index contributed by atoms with van der Waals surface area (Å²) in [7, 11) is 0. The van der Waals surface area contributed by atoms with Crippen molar-refractivity contribution >= 4 is 0 Å². The van der Waals surface area contributed by atoms with Gasteiger partial charge in [-0.3, -0.25) is 0 Å². The quantitative estimate of drug-likeness (QED) is 0.458. The smallest absolute Gasteiger partial charge is 0.0402 e. The van der Waals surface area contributed by atoms with Crippen LogP contribution in [-0.4, -0.2) is 17.2 Å². The van der Waals surface area contributed by atoms with Gasteiger partial charge in [-0.25, -0.2) is 0 Å². The van der Waals surface area contributed by atoms with E-state index >= 15 is 0 Å². The zero-order valence-corrected chi connectivity index (χ0v) is 5.30. The molecule has 1 radical (unpaired) electrons. The molecule has 0 fully saturated rings.